The lowest BCUT2D eigenvalue weighted by molar-refractivity contribution is 0.0698. The minimum Gasteiger partial charge on any atom is -0.358 e. The van der Waals surface area contributed by atoms with Crippen LogP contribution >= 0.6 is 0 Å². The first-order valence-corrected chi connectivity index (χ1v) is 7.03. The lowest BCUT2D eigenvalue weighted by atomic mass is 9.98. The summed E-state index contributed by atoms with van der Waals surface area (Å²) in [5.74, 6) is 0.926. The standard InChI is InChI=1S/C16H20N2O/c1-11-7-9-18(10-8-11)16(19)15-12(2)17-14-6-4-3-5-13(14)15/h3-6,11,17H,7-10H2,1-2H3. The zero-order chi connectivity index (χ0) is 13.4. The van der Waals surface area contributed by atoms with Gasteiger partial charge in [-0.05, 0) is 31.7 Å². The van der Waals surface area contributed by atoms with Crippen molar-refractivity contribution in [2.75, 3.05) is 13.1 Å². The molecule has 0 radical (unpaired) electrons. The number of piperidine rings is 1. The summed E-state index contributed by atoms with van der Waals surface area (Å²) in [5, 5.41) is 1.05. The predicted molar refractivity (Wildman–Crippen MR) is 77.3 cm³/mol. The number of carbonyl (C=O) groups excluding carboxylic acids is 1. The SMILES string of the molecule is Cc1[nH]c2ccccc2c1C(=O)N1CCC(C)CC1. The highest BCUT2D eigenvalue weighted by atomic mass is 16.2. The molecule has 0 spiro atoms. The molecule has 19 heavy (non-hydrogen) atoms. The van der Waals surface area contributed by atoms with Crippen molar-refractivity contribution < 1.29 is 4.79 Å². The van der Waals surface area contributed by atoms with E-state index in [1.54, 1.807) is 0 Å². The van der Waals surface area contributed by atoms with Gasteiger partial charge in [-0.3, -0.25) is 4.79 Å². The lowest BCUT2D eigenvalue weighted by Gasteiger charge is -2.30. The van der Waals surface area contributed by atoms with E-state index in [-0.39, 0.29) is 5.91 Å². The second-order valence-electron chi connectivity index (χ2n) is 5.65. The topological polar surface area (TPSA) is 36.1 Å². The first-order chi connectivity index (χ1) is 9.16. The summed E-state index contributed by atoms with van der Waals surface area (Å²) in [6.45, 7) is 6.02. The maximum atomic E-state index is 12.7. The number of likely N-dealkylation sites (tertiary alicyclic amines) is 1. The number of hydrogen-bond acceptors (Lipinski definition) is 1. The Morgan fingerprint density at radius 2 is 1.95 bits per heavy atom. The van der Waals surface area contributed by atoms with Crippen molar-refractivity contribution in [2.45, 2.75) is 26.7 Å². The van der Waals surface area contributed by atoms with Crippen LogP contribution in [0.15, 0.2) is 24.3 Å². The molecule has 1 aliphatic rings. The van der Waals surface area contributed by atoms with Crippen molar-refractivity contribution in [3.63, 3.8) is 0 Å². The van der Waals surface area contributed by atoms with E-state index in [0.717, 1.165) is 54.0 Å². The van der Waals surface area contributed by atoms with Gasteiger partial charge in [-0.25, -0.2) is 0 Å². The minimum absolute atomic E-state index is 0.182. The normalized spacial score (nSPS) is 17.1. The van der Waals surface area contributed by atoms with Crippen LogP contribution in [0.2, 0.25) is 0 Å². The molecule has 0 unspecified atom stereocenters. The smallest absolute Gasteiger partial charge is 0.256 e. The lowest BCUT2D eigenvalue weighted by Crippen LogP contribution is -2.38. The van der Waals surface area contributed by atoms with E-state index < -0.39 is 0 Å². The van der Waals surface area contributed by atoms with Crippen LogP contribution in [0.3, 0.4) is 0 Å². The second kappa shape index (κ2) is 4.72. The summed E-state index contributed by atoms with van der Waals surface area (Å²) >= 11 is 0. The fourth-order valence-corrected chi connectivity index (χ4v) is 2.92. The molecular weight excluding hydrogens is 236 g/mol. The number of fused-ring (bicyclic) bond motifs is 1. The molecule has 1 aliphatic heterocycles. The third-order valence-corrected chi connectivity index (χ3v) is 4.18. The molecule has 1 fully saturated rings. The Labute approximate surface area is 113 Å². The monoisotopic (exact) mass is 256 g/mol. The van der Waals surface area contributed by atoms with Gasteiger partial charge in [-0.1, -0.05) is 25.1 Å². The van der Waals surface area contributed by atoms with Crippen LogP contribution in [0, 0.1) is 12.8 Å². The Bertz CT molecular complexity index is 606. The number of para-hydroxylation sites is 1. The average molecular weight is 256 g/mol. The van der Waals surface area contributed by atoms with Gasteiger partial charge in [-0.2, -0.15) is 0 Å². The maximum absolute atomic E-state index is 12.7. The molecule has 3 nitrogen and oxygen atoms in total. The number of hydrogen-bond donors (Lipinski definition) is 1. The fraction of sp³-hybridized carbons (Fsp3) is 0.438. The summed E-state index contributed by atoms with van der Waals surface area (Å²) in [5.41, 5.74) is 2.88. The number of carbonyl (C=O) groups is 1. The molecule has 3 heteroatoms. The van der Waals surface area contributed by atoms with Crippen LogP contribution < -0.4 is 0 Å². The Kier molecular flexibility index (Phi) is 3.05. The molecule has 2 heterocycles. The number of nitrogens with one attached hydrogen (secondary N) is 1. The highest BCUT2D eigenvalue weighted by molar-refractivity contribution is 6.08. The first kappa shape index (κ1) is 12.3. The van der Waals surface area contributed by atoms with Gasteiger partial charge in [0.2, 0.25) is 0 Å². The summed E-state index contributed by atoms with van der Waals surface area (Å²) in [6.07, 6.45) is 2.24. The van der Waals surface area contributed by atoms with Crippen LogP contribution in [0.5, 0.6) is 0 Å². The Morgan fingerprint density at radius 1 is 1.26 bits per heavy atom. The zero-order valence-corrected chi connectivity index (χ0v) is 11.6. The third-order valence-electron chi connectivity index (χ3n) is 4.18. The maximum Gasteiger partial charge on any atom is 0.256 e. The van der Waals surface area contributed by atoms with E-state index in [2.05, 4.69) is 11.9 Å². The van der Waals surface area contributed by atoms with Crippen LogP contribution in [0.1, 0.15) is 35.8 Å². The summed E-state index contributed by atoms with van der Waals surface area (Å²) in [6, 6.07) is 8.04. The van der Waals surface area contributed by atoms with Crippen LogP contribution in [0.25, 0.3) is 10.9 Å². The van der Waals surface area contributed by atoms with Crippen molar-refractivity contribution in [1.29, 1.82) is 0 Å². The highest BCUT2D eigenvalue weighted by Crippen LogP contribution is 2.25. The van der Waals surface area contributed by atoms with Gasteiger partial charge in [0.1, 0.15) is 0 Å². The van der Waals surface area contributed by atoms with E-state index in [0.29, 0.717) is 0 Å². The Hall–Kier alpha value is -1.77. The van der Waals surface area contributed by atoms with E-state index in [1.165, 1.54) is 0 Å². The van der Waals surface area contributed by atoms with Crippen molar-refractivity contribution in [3.05, 3.63) is 35.5 Å². The van der Waals surface area contributed by atoms with Crippen molar-refractivity contribution >= 4 is 16.8 Å². The highest BCUT2D eigenvalue weighted by Gasteiger charge is 2.24. The Morgan fingerprint density at radius 3 is 2.68 bits per heavy atom. The zero-order valence-electron chi connectivity index (χ0n) is 11.6. The van der Waals surface area contributed by atoms with Gasteiger partial charge in [0.15, 0.2) is 0 Å². The number of benzene rings is 1. The van der Waals surface area contributed by atoms with Gasteiger partial charge in [0, 0.05) is 29.7 Å². The van der Waals surface area contributed by atoms with Gasteiger partial charge < -0.3 is 9.88 Å². The average Bonchev–Trinajstić information content (AvgIpc) is 2.74. The number of rotatable bonds is 1. The molecule has 0 bridgehead atoms. The molecular formula is C16H20N2O. The fourth-order valence-electron chi connectivity index (χ4n) is 2.92. The van der Waals surface area contributed by atoms with Gasteiger partial charge in [0.05, 0.1) is 5.56 Å². The number of aromatic amines is 1. The van der Waals surface area contributed by atoms with Gasteiger partial charge in [-0.15, -0.1) is 0 Å². The van der Waals surface area contributed by atoms with Crippen molar-refractivity contribution in [2.24, 2.45) is 5.92 Å². The molecule has 0 atom stereocenters. The first-order valence-electron chi connectivity index (χ1n) is 7.03. The van der Waals surface area contributed by atoms with Crippen molar-refractivity contribution in [3.8, 4) is 0 Å². The summed E-state index contributed by atoms with van der Waals surface area (Å²) < 4.78 is 0. The van der Waals surface area contributed by atoms with Gasteiger partial charge >= 0.3 is 0 Å². The van der Waals surface area contributed by atoms with E-state index >= 15 is 0 Å². The van der Waals surface area contributed by atoms with Gasteiger partial charge in [0.25, 0.3) is 5.91 Å². The molecule has 1 aromatic heterocycles. The predicted octanol–water partition coefficient (Wildman–Crippen LogP) is 3.35. The number of amides is 1. The number of H-pyrrole nitrogens is 1. The molecule has 1 amide bonds. The molecule has 3 rings (SSSR count). The van der Waals surface area contributed by atoms with Crippen LogP contribution in [0.4, 0.5) is 0 Å². The van der Waals surface area contributed by atoms with Crippen LogP contribution in [-0.2, 0) is 0 Å². The quantitative estimate of drug-likeness (QED) is 0.834. The van der Waals surface area contributed by atoms with E-state index in [4.69, 9.17) is 0 Å². The third kappa shape index (κ3) is 2.14. The number of aryl methyl sites for hydroxylation is 1. The molecule has 1 aromatic carbocycles. The number of aromatic nitrogens is 1. The molecule has 1 saturated heterocycles. The molecule has 0 aliphatic carbocycles. The van der Waals surface area contributed by atoms with E-state index in [1.807, 2.05) is 36.1 Å². The summed E-state index contributed by atoms with van der Waals surface area (Å²) in [4.78, 5) is 18.0. The second-order valence-corrected chi connectivity index (χ2v) is 5.65. The molecule has 0 saturated carbocycles. The van der Waals surface area contributed by atoms with E-state index in [9.17, 15) is 4.79 Å². The number of nitrogens with zero attached hydrogens (tertiary/aromatic N) is 1. The Balaban J connectivity index is 1.95. The minimum atomic E-state index is 0.182. The van der Waals surface area contributed by atoms with Crippen molar-refractivity contribution in [1.82, 2.24) is 9.88 Å². The largest absolute Gasteiger partial charge is 0.358 e. The molecule has 1 N–H and O–H groups in total. The molecule has 2 aromatic rings. The summed E-state index contributed by atoms with van der Waals surface area (Å²) in [7, 11) is 0. The van der Waals surface area contributed by atoms with Crippen LogP contribution in [-0.4, -0.2) is 28.9 Å². The molecule has 100 valence electrons.